The molecule has 0 bridgehead atoms. The lowest BCUT2D eigenvalue weighted by molar-refractivity contribution is -0.0366. The highest BCUT2D eigenvalue weighted by atomic mass is 16.5. The Hall–Kier alpha value is -0.120. The highest BCUT2D eigenvalue weighted by Crippen LogP contribution is 2.43. The molecule has 1 saturated carbocycles. The second kappa shape index (κ2) is 4.52. The third-order valence-electron chi connectivity index (χ3n) is 5.58. The molecule has 4 unspecified atom stereocenters. The summed E-state index contributed by atoms with van der Waals surface area (Å²) < 4.78 is 5.84. The number of fused-ring (bicyclic) bond motifs is 1. The third kappa shape index (κ3) is 1.74. The number of hydrogen-bond acceptors (Lipinski definition) is 3. The molecule has 17 heavy (non-hydrogen) atoms. The lowest BCUT2D eigenvalue weighted by Gasteiger charge is -2.50. The summed E-state index contributed by atoms with van der Waals surface area (Å²) in [5, 5.41) is 0. The molecule has 3 nitrogen and oxygen atoms in total. The summed E-state index contributed by atoms with van der Waals surface area (Å²) in [6, 6.07) is 0.802. The van der Waals surface area contributed by atoms with Crippen LogP contribution < -0.4 is 5.73 Å². The van der Waals surface area contributed by atoms with Crippen molar-refractivity contribution in [3.05, 3.63) is 0 Å². The van der Waals surface area contributed by atoms with Crippen LogP contribution >= 0.6 is 0 Å². The molecule has 3 rings (SSSR count). The van der Waals surface area contributed by atoms with E-state index < -0.39 is 0 Å². The van der Waals surface area contributed by atoms with E-state index in [1.807, 2.05) is 0 Å². The highest BCUT2D eigenvalue weighted by molar-refractivity contribution is 5.05. The van der Waals surface area contributed by atoms with Crippen molar-refractivity contribution in [3.63, 3.8) is 0 Å². The molecule has 2 N–H and O–H groups in total. The van der Waals surface area contributed by atoms with Gasteiger partial charge >= 0.3 is 0 Å². The molecule has 2 saturated heterocycles. The topological polar surface area (TPSA) is 38.5 Å². The minimum absolute atomic E-state index is 0.147. The molecule has 4 atom stereocenters. The minimum Gasteiger partial charge on any atom is -0.376 e. The summed E-state index contributed by atoms with van der Waals surface area (Å²) in [4.78, 5) is 2.76. The number of nitrogens with zero attached hydrogens (tertiary/aromatic N) is 1. The first-order chi connectivity index (χ1) is 8.28. The van der Waals surface area contributed by atoms with Gasteiger partial charge in [-0.05, 0) is 51.5 Å². The SMILES string of the molecule is CC1OCCC1(CN)N1CCCC2CCCC21. The van der Waals surface area contributed by atoms with Crippen molar-refractivity contribution in [2.45, 2.75) is 63.1 Å². The fourth-order valence-electron chi connectivity index (χ4n) is 4.54. The third-order valence-corrected chi connectivity index (χ3v) is 5.58. The predicted molar refractivity (Wildman–Crippen MR) is 68.9 cm³/mol. The maximum Gasteiger partial charge on any atom is 0.0743 e. The van der Waals surface area contributed by atoms with Crippen molar-refractivity contribution >= 4 is 0 Å². The van der Waals surface area contributed by atoms with Gasteiger partial charge in [0.05, 0.1) is 11.6 Å². The van der Waals surface area contributed by atoms with Gasteiger partial charge in [-0.1, -0.05) is 6.42 Å². The van der Waals surface area contributed by atoms with E-state index in [0.717, 1.165) is 31.5 Å². The molecular weight excluding hydrogens is 212 g/mol. The Morgan fingerprint density at radius 1 is 1.29 bits per heavy atom. The number of hydrogen-bond donors (Lipinski definition) is 1. The molecule has 3 heteroatoms. The Balaban J connectivity index is 1.85. The summed E-state index contributed by atoms with van der Waals surface area (Å²) in [5.74, 6) is 0.944. The van der Waals surface area contributed by atoms with Crippen molar-refractivity contribution in [2.75, 3.05) is 19.7 Å². The Bertz CT molecular complexity index is 283. The molecule has 98 valence electrons. The molecule has 2 heterocycles. The van der Waals surface area contributed by atoms with Crippen molar-refractivity contribution in [3.8, 4) is 0 Å². The minimum atomic E-state index is 0.147. The van der Waals surface area contributed by atoms with Crippen LogP contribution in [0.15, 0.2) is 0 Å². The van der Waals surface area contributed by atoms with E-state index in [0.29, 0.717) is 6.10 Å². The molecule has 3 aliphatic rings. The van der Waals surface area contributed by atoms with E-state index >= 15 is 0 Å². The van der Waals surface area contributed by atoms with Crippen molar-refractivity contribution in [1.82, 2.24) is 4.90 Å². The standard InChI is InChI=1S/C14H26N2O/c1-11-14(10-15,7-9-17-11)16-8-3-5-12-4-2-6-13(12)16/h11-13H,2-10,15H2,1H3. The Morgan fingerprint density at radius 2 is 2.12 bits per heavy atom. The molecule has 0 amide bonds. The molecule has 2 aliphatic heterocycles. The number of nitrogens with two attached hydrogens (primary N) is 1. The van der Waals surface area contributed by atoms with Gasteiger partial charge < -0.3 is 10.5 Å². The molecule has 0 spiro atoms. The molecular formula is C14H26N2O. The maximum atomic E-state index is 6.15. The first-order valence-corrected chi connectivity index (χ1v) is 7.36. The smallest absolute Gasteiger partial charge is 0.0743 e. The normalized spacial score (nSPS) is 47.3. The van der Waals surface area contributed by atoms with Gasteiger partial charge in [-0.2, -0.15) is 0 Å². The van der Waals surface area contributed by atoms with Crippen LogP contribution in [0.5, 0.6) is 0 Å². The van der Waals surface area contributed by atoms with E-state index in [-0.39, 0.29) is 5.54 Å². The summed E-state index contributed by atoms with van der Waals surface area (Å²) in [7, 11) is 0. The van der Waals surface area contributed by atoms with Gasteiger partial charge in [0.15, 0.2) is 0 Å². The van der Waals surface area contributed by atoms with Crippen molar-refractivity contribution < 1.29 is 4.74 Å². The van der Waals surface area contributed by atoms with Crippen LogP contribution in [0, 0.1) is 5.92 Å². The lowest BCUT2D eigenvalue weighted by atomic mass is 9.82. The Morgan fingerprint density at radius 3 is 2.82 bits per heavy atom. The van der Waals surface area contributed by atoms with E-state index in [1.165, 1.54) is 38.6 Å². The van der Waals surface area contributed by atoms with E-state index in [1.54, 1.807) is 0 Å². The number of rotatable bonds is 2. The first kappa shape index (κ1) is 11.9. The maximum absolute atomic E-state index is 6.15. The van der Waals surface area contributed by atoms with E-state index in [9.17, 15) is 0 Å². The van der Waals surface area contributed by atoms with Crippen LogP contribution in [0.3, 0.4) is 0 Å². The van der Waals surface area contributed by atoms with Crippen LogP contribution in [0.2, 0.25) is 0 Å². The lowest BCUT2D eigenvalue weighted by Crippen LogP contribution is -2.63. The van der Waals surface area contributed by atoms with E-state index in [4.69, 9.17) is 10.5 Å². The predicted octanol–water partition coefficient (Wildman–Crippen LogP) is 1.76. The highest BCUT2D eigenvalue weighted by Gasteiger charge is 2.50. The number of likely N-dealkylation sites (tertiary alicyclic amines) is 1. The fraction of sp³-hybridized carbons (Fsp3) is 1.00. The van der Waals surface area contributed by atoms with Crippen LogP contribution in [0.1, 0.15) is 45.4 Å². The van der Waals surface area contributed by atoms with Gasteiger partial charge in [-0.3, -0.25) is 4.90 Å². The van der Waals surface area contributed by atoms with Crippen LogP contribution in [0.25, 0.3) is 0 Å². The Kier molecular flexibility index (Phi) is 3.18. The number of ether oxygens (including phenoxy) is 1. The van der Waals surface area contributed by atoms with Crippen LogP contribution in [0.4, 0.5) is 0 Å². The second-order valence-corrected chi connectivity index (χ2v) is 6.16. The average Bonchev–Trinajstić information content (AvgIpc) is 2.95. The largest absolute Gasteiger partial charge is 0.376 e. The van der Waals surface area contributed by atoms with Gasteiger partial charge in [0, 0.05) is 19.2 Å². The second-order valence-electron chi connectivity index (χ2n) is 6.16. The van der Waals surface area contributed by atoms with E-state index in [2.05, 4.69) is 11.8 Å². The zero-order chi connectivity index (χ0) is 11.9. The molecule has 0 radical (unpaired) electrons. The zero-order valence-electron chi connectivity index (χ0n) is 11.0. The van der Waals surface area contributed by atoms with Gasteiger partial charge in [0.2, 0.25) is 0 Å². The van der Waals surface area contributed by atoms with Crippen molar-refractivity contribution in [2.24, 2.45) is 11.7 Å². The Labute approximate surface area is 105 Å². The molecule has 0 aromatic heterocycles. The van der Waals surface area contributed by atoms with Gasteiger partial charge in [0.25, 0.3) is 0 Å². The van der Waals surface area contributed by atoms with Gasteiger partial charge in [-0.25, -0.2) is 0 Å². The van der Waals surface area contributed by atoms with Crippen LogP contribution in [-0.4, -0.2) is 42.3 Å². The molecule has 0 aromatic carbocycles. The molecule has 1 aliphatic carbocycles. The summed E-state index contributed by atoms with van der Waals surface area (Å²) in [6.45, 7) is 5.12. The zero-order valence-corrected chi connectivity index (χ0v) is 11.0. The first-order valence-electron chi connectivity index (χ1n) is 7.36. The van der Waals surface area contributed by atoms with Crippen molar-refractivity contribution in [1.29, 1.82) is 0 Å². The summed E-state index contributed by atoms with van der Waals surface area (Å²) >= 11 is 0. The van der Waals surface area contributed by atoms with Gasteiger partial charge in [0.1, 0.15) is 0 Å². The number of piperidine rings is 1. The van der Waals surface area contributed by atoms with Crippen LogP contribution in [-0.2, 0) is 4.74 Å². The molecule has 0 aromatic rings. The summed E-state index contributed by atoms with van der Waals surface area (Å²) in [6.07, 6.45) is 8.49. The summed E-state index contributed by atoms with van der Waals surface area (Å²) in [5.41, 5.74) is 6.30. The quantitative estimate of drug-likeness (QED) is 0.796. The van der Waals surface area contributed by atoms with Gasteiger partial charge in [-0.15, -0.1) is 0 Å². The molecule has 3 fully saturated rings. The fourth-order valence-corrected chi connectivity index (χ4v) is 4.54. The average molecular weight is 238 g/mol. The monoisotopic (exact) mass is 238 g/mol.